The van der Waals surface area contributed by atoms with Gasteiger partial charge < -0.3 is 16.4 Å². The normalized spacial score (nSPS) is 29.1. The lowest BCUT2D eigenvalue weighted by atomic mass is 9.99. The number of piperidine rings is 2. The van der Waals surface area contributed by atoms with E-state index in [0.717, 1.165) is 12.8 Å². The molecule has 3 saturated heterocycles. The number of nitrogens with one attached hydrogen (secondary N) is 2. The Kier molecular flexibility index (Phi) is 5.47. The standard InChI is InChI=1S/C21H28FN5O4S/c22-18-11-19-12(8-20(28)25-19)7-17(18)21(29)24-14-9-15-1-2-16(10-14)27(15)32(30,31)26-5-3-13(23)4-6-26/h7,11,13-16H,1-6,8-10,23H2,(H,24,29)(H,25,28)/t14-,15-,16+. The van der Waals surface area contributed by atoms with Crippen LogP contribution in [0.2, 0.25) is 0 Å². The summed E-state index contributed by atoms with van der Waals surface area (Å²) in [4.78, 5) is 24.3. The molecule has 2 amide bonds. The molecular weight excluding hydrogens is 437 g/mol. The number of fused-ring (bicyclic) bond motifs is 3. The highest BCUT2D eigenvalue weighted by Crippen LogP contribution is 2.39. The summed E-state index contributed by atoms with van der Waals surface area (Å²) in [6.45, 7) is 0.878. The number of amides is 2. The summed E-state index contributed by atoms with van der Waals surface area (Å²) in [5.74, 6) is -1.44. The summed E-state index contributed by atoms with van der Waals surface area (Å²) in [7, 11) is -3.57. The van der Waals surface area contributed by atoms with Gasteiger partial charge in [0.25, 0.3) is 16.1 Å². The lowest BCUT2D eigenvalue weighted by molar-refractivity contribution is -0.115. The second kappa shape index (κ2) is 8.05. The Balaban J connectivity index is 1.27. The number of anilines is 1. The van der Waals surface area contributed by atoms with Crippen molar-refractivity contribution in [3.05, 3.63) is 29.1 Å². The highest BCUT2D eigenvalue weighted by molar-refractivity contribution is 7.86. The van der Waals surface area contributed by atoms with Crippen molar-refractivity contribution in [2.24, 2.45) is 5.73 Å². The van der Waals surface area contributed by atoms with E-state index in [1.54, 1.807) is 4.31 Å². The zero-order valence-electron chi connectivity index (χ0n) is 17.7. The van der Waals surface area contributed by atoms with Gasteiger partial charge in [-0.2, -0.15) is 17.0 Å². The fourth-order valence-electron chi connectivity index (χ4n) is 5.55. The number of halogens is 1. The predicted molar refractivity (Wildman–Crippen MR) is 116 cm³/mol. The minimum Gasteiger partial charge on any atom is -0.349 e. The van der Waals surface area contributed by atoms with Crippen LogP contribution in [0, 0.1) is 5.82 Å². The molecule has 0 spiro atoms. The summed E-state index contributed by atoms with van der Waals surface area (Å²) >= 11 is 0. The van der Waals surface area contributed by atoms with Crippen LogP contribution >= 0.6 is 0 Å². The van der Waals surface area contributed by atoms with Gasteiger partial charge in [-0.15, -0.1) is 0 Å². The second-order valence-electron chi connectivity index (χ2n) is 9.32. The molecule has 32 heavy (non-hydrogen) atoms. The Morgan fingerprint density at radius 3 is 2.44 bits per heavy atom. The van der Waals surface area contributed by atoms with Gasteiger partial charge >= 0.3 is 0 Å². The fourth-order valence-corrected chi connectivity index (χ4v) is 7.63. The lowest BCUT2D eigenvalue weighted by Crippen LogP contribution is -2.57. The molecule has 2 bridgehead atoms. The molecule has 4 aliphatic rings. The third kappa shape index (κ3) is 3.81. The fraction of sp³-hybridized carbons (Fsp3) is 0.619. The molecule has 3 fully saturated rings. The van der Waals surface area contributed by atoms with E-state index in [1.807, 2.05) is 0 Å². The maximum Gasteiger partial charge on any atom is 0.282 e. The SMILES string of the molecule is NC1CCN(S(=O)(=O)N2[C@@H]3CC[C@H]2C[C@H](NC(=O)c2cc4c(cc2F)NC(=O)C4)C3)CC1. The van der Waals surface area contributed by atoms with Gasteiger partial charge in [0.15, 0.2) is 0 Å². The van der Waals surface area contributed by atoms with E-state index in [1.165, 1.54) is 16.4 Å². The Morgan fingerprint density at radius 2 is 1.78 bits per heavy atom. The Hall–Kier alpha value is -2.08. The minimum absolute atomic E-state index is 0.0487. The van der Waals surface area contributed by atoms with Crippen molar-refractivity contribution in [1.29, 1.82) is 0 Å². The first kappa shape index (κ1) is 21.7. The van der Waals surface area contributed by atoms with Gasteiger partial charge in [-0.25, -0.2) is 4.39 Å². The van der Waals surface area contributed by atoms with Crippen molar-refractivity contribution in [2.75, 3.05) is 18.4 Å². The molecule has 1 aromatic rings. The van der Waals surface area contributed by atoms with Gasteiger partial charge in [-0.1, -0.05) is 0 Å². The highest BCUT2D eigenvalue weighted by atomic mass is 32.2. The van der Waals surface area contributed by atoms with Crippen LogP contribution in [-0.4, -0.2) is 66.1 Å². The third-order valence-electron chi connectivity index (χ3n) is 7.16. The van der Waals surface area contributed by atoms with Gasteiger partial charge in [0.1, 0.15) is 5.82 Å². The lowest BCUT2D eigenvalue weighted by Gasteiger charge is -2.41. The number of rotatable bonds is 4. The van der Waals surface area contributed by atoms with Crippen LogP contribution in [0.15, 0.2) is 12.1 Å². The minimum atomic E-state index is -3.57. The van der Waals surface area contributed by atoms with Crippen molar-refractivity contribution in [3.63, 3.8) is 0 Å². The maximum absolute atomic E-state index is 14.5. The summed E-state index contributed by atoms with van der Waals surface area (Å²) in [5, 5.41) is 5.47. The summed E-state index contributed by atoms with van der Waals surface area (Å²) < 4.78 is 44.2. The van der Waals surface area contributed by atoms with Gasteiger partial charge in [0, 0.05) is 42.9 Å². The van der Waals surface area contributed by atoms with Crippen molar-refractivity contribution < 1.29 is 22.4 Å². The predicted octanol–water partition coefficient (Wildman–Crippen LogP) is 0.713. The number of carbonyl (C=O) groups excluding carboxylic acids is 2. The smallest absolute Gasteiger partial charge is 0.282 e. The van der Waals surface area contributed by atoms with E-state index >= 15 is 0 Å². The Bertz CT molecular complexity index is 1040. The van der Waals surface area contributed by atoms with E-state index in [2.05, 4.69) is 10.6 Å². The Morgan fingerprint density at radius 1 is 1.12 bits per heavy atom. The van der Waals surface area contributed by atoms with Crippen molar-refractivity contribution in [2.45, 2.75) is 69.1 Å². The van der Waals surface area contributed by atoms with E-state index in [9.17, 15) is 22.4 Å². The number of nitrogens with two attached hydrogens (primary N) is 1. The molecular formula is C21H28FN5O4S. The number of benzene rings is 1. The van der Waals surface area contributed by atoms with Gasteiger partial charge in [0.05, 0.1) is 12.0 Å². The zero-order valence-corrected chi connectivity index (χ0v) is 18.5. The summed E-state index contributed by atoms with van der Waals surface area (Å²) in [6.07, 6.45) is 3.96. The molecule has 174 valence electrons. The molecule has 4 aliphatic heterocycles. The first-order valence-corrected chi connectivity index (χ1v) is 12.6. The van der Waals surface area contributed by atoms with Crippen LogP contribution in [-0.2, 0) is 21.4 Å². The van der Waals surface area contributed by atoms with E-state index in [0.29, 0.717) is 50.0 Å². The summed E-state index contributed by atoms with van der Waals surface area (Å²) in [5.41, 5.74) is 6.84. The largest absolute Gasteiger partial charge is 0.349 e. The molecule has 5 rings (SSSR count). The molecule has 0 aliphatic carbocycles. The molecule has 0 aromatic heterocycles. The zero-order chi connectivity index (χ0) is 22.6. The second-order valence-corrected chi connectivity index (χ2v) is 11.1. The molecule has 0 radical (unpaired) electrons. The monoisotopic (exact) mass is 465 g/mol. The van der Waals surface area contributed by atoms with Crippen LogP contribution in [0.1, 0.15) is 54.4 Å². The van der Waals surface area contributed by atoms with E-state index in [-0.39, 0.29) is 42.1 Å². The van der Waals surface area contributed by atoms with Crippen LogP contribution in [0.4, 0.5) is 10.1 Å². The molecule has 0 saturated carbocycles. The number of nitrogens with zero attached hydrogens (tertiary/aromatic N) is 2. The van der Waals surface area contributed by atoms with Crippen molar-refractivity contribution >= 4 is 27.7 Å². The van der Waals surface area contributed by atoms with Gasteiger partial charge in [0.2, 0.25) is 5.91 Å². The van der Waals surface area contributed by atoms with Gasteiger partial charge in [-0.05, 0) is 56.2 Å². The molecule has 4 heterocycles. The maximum atomic E-state index is 14.5. The molecule has 4 N–H and O–H groups in total. The topological polar surface area (TPSA) is 125 Å². The average Bonchev–Trinajstić information content (AvgIpc) is 3.23. The molecule has 0 unspecified atom stereocenters. The van der Waals surface area contributed by atoms with Crippen LogP contribution < -0.4 is 16.4 Å². The first-order valence-electron chi connectivity index (χ1n) is 11.2. The third-order valence-corrected chi connectivity index (χ3v) is 9.30. The highest BCUT2D eigenvalue weighted by Gasteiger charge is 2.49. The van der Waals surface area contributed by atoms with E-state index < -0.39 is 21.9 Å². The van der Waals surface area contributed by atoms with Crippen molar-refractivity contribution in [3.8, 4) is 0 Å². The van der Waals surface area contributed by atoms with Crippen LogP contribution in [0.25, 0.3) is 0 Å². The van der Waals surface area contributed by atoms with Crippen LogP contribution in [0.3, 0.4) is 0 Å². The number of hydrogen-bond donors (Lipinski definition) is 3. The first-order chi connectivity index (χ1) is 15.2. The molecule has 3 atom stereocenters. The van der Waals surface area contributed by atoms with Crippen LogP contribution in [0.5, 0.6) is 0 Å². The Labute approximate surface area is 186 Å². The van der Waals surface area contributed by atoms with E-state index in [4.69, 9.17) is 5.73 Å². The average molecular weight is 466 g/mol. The molecule has 1 aromatic carbocycles. The molecule has 11 heteroatoms. The van der Waals surface area contributed by atoms with Crippen molar-refractivity contribution in [1.82, 2.24) is 13.9 Å². The quantitative estimate of drug-likeness (QED) is 0.604. The number of carbonyl (C=O) groups is 2. The van der Waals surface area contributed by atoms with Gasteiger partial charge in [-0.3, -0.25) is 9.59 Å². The molecule has 9 nitrogen and oxygen atoms in total. The number of hydrogen-bond acceptors (Lipinski definition) is 5. The summed E-state index contributed by atoms with van der Waals surface area (Å²) in [6, 6.07) is 2.07.